The largest absolute Gasteiger partial charge is 0.479 e. The molecule has 10 heteroatoms. The maximum Gasteiger partial charge on any atom is 0.417 e. The normalized spacial score (nSPS) is 13.6. The Labute approximate surface area is 112 Å². The smallest absolute Gasteiger partial charge is 0.417 e. The quantitative estimate of drug-likeness (QED) is 0.823. The number of alkyl halides is 6. The summed E-state index contributed by atoms with van der Waals surface area (Å²) in [5.74, 6) is -2.21. The predicted octanol–water partition coefficient (Wildman–Crippen LogP) is 2.71. The third kappa shape index (κ3) is 3.25. The van der Waals surface area contributed by atoms with Crippen molar-refractivity contribution < 1.29 is 41.4 Å². The summed E-state index contributed by atoms with van der Waals surface area (Å²) < 4.78 is 76.5. The second-order valence-corrected chi connectivity index (χ2v) is 3.80. The third-order valence-electron chi connectivity index (χ3n) is 2.46. The fraction of sp³-hybridized carbons (Fsp3) is 0.273. The summed E-state index contributed by atoms with van der Waals surface area (Å²) in [5, 5.41) is 26.4. The first-order chi connectivity index (χ1) is 9.41. The molecule has 0 fully saturated rings. The fourth-order valence-corrected chi connectivity index (χ4v) is 1.67. The summed E-state index contributed by atoms with van der Waals surface area (Å²) >= 11 is 0. The number of aliphatic carboxylic acids is 1. The number of carboxylic acid groups (broad SMARTS) is 1. The molecule has 4 nitrogen and oxygen atoms in total. The van der Waals surface area contributed by atoms with E-state index in [2.05, 4.69) is 0 Å². The standard InChI is InChI=1S/C11H5F6NO3/c12-10(13,14)5-2-1-4(3-18)6(8(19)9(20)21)7(5)11(15,16)17/h1-2,8,19H,(H,20,21). The molecule has 0 amide bonds. The van der Waals surface area contributed by atoms with E-state index in [-0.39, 0.29) is 6.07 Å². The van der Waals surface area contributed by atoms with Gasteiger partial charge in [-0.25, -0.2) is 4.79 Å². The highest BCUT2D eigenvalue weighted by atomic mass is 19.4. The van der Waals surface area contributed by atoms with Crippen molar-refractivity contribution in [3.63, 3.8) is 0 Å². The van der Waals surface area contributed by atoms with Crippen molar-refractivity contribution in [2.24, 2.45) is 0 Å². The van der Waals surface area contributed by atoms with Crippen molar-refractivity contribution in [3.05, 3.63) is 34.4 Å². The van der Waals surface area contributed by atoms with Crippen LogP contribution in [0.5, 0.6) is 0 Å². The summed E-state index contributed by atoms with van der Waals surface area (Å²) in [7, 11) is 0. The number of rotatable bonds is 2. The van der Waals surface area contributed by atoms with Crippen LogP contribution in [0.1, 0.15) is 28.4 Å². The molecule has 0 spiro atoms. The maximum absolute atomic E-state index is 12.9. The Morgan fingerprint density at radius 3 is 2.00 bits per heavy atom. The van der Waals surface area contributed by atoms with Crippen molar-refractivity contribution in [3.8, 4) is 6.07 Å². The molecule has 21 heavy (non-hydrogen) atoms. The first-order valence-corrected chi connectivity index (χ1v) is 5.03. The average molecular weight is 313 g/mol. The zero-order valence-electron chi connectivity index (χ0n) is 9.75. The van der Waals surface area contributed by atoms with Crippen LogP contribution in [0.25, 0.3) is 0 Å². The zero-order chi connectivity index (χ0) is 16.6. The number of aliphatic hydroxyl groups is 1. The molecule has 114 valence electrons. The molecule has 0 heterocycles. The molecule has 0 aliphatic heterocycles. The van der Waals surface area contributed by atoms with Crippen molar-refractivity contribution in [2.75, 3.05) is 0 Å². The Morgan fingerprint density at radius 2 is 1.67 bits per heavy atom. The molecule has 0 aliphatic carbocycles. The molecule has 2 N–H and O–H groups in total. The number of benzene rings is 1. The lowest BCUT2D eigenvalue weighted by molar-refractivity contribution is -0.164. The summed E-state index contributed by atoms with van der Waals surface area (Å²) in [5.41, 5.74) is -7.20. The number of hydrogen-bond acceptors (Lipinski definition) is 3. The molecule has 1 rings (SSSR count). The van der Waals surface area contributed by atoms with Crippen LogP contribution in [0.2, 0.25) is 0 Å². The summed E-state index contributed by atoms with van der Waals surface area (Å²) in [6.07, 6.45) is -14.0. The molecule has 1 atom stereocenters. The van der Waals surface area contributed by atoms with Gasteiger partial charge in [0.05, 0.1) is 22.8 Å². The van der Waals surface area contributed by atoms with Gasteiger partial charge in [-0.1, -0.05) is 0 Å². The molecule has 0 radical (unpaired) electrons. The van der Waals surface area contributed by atoms with Crippen LogP contribution >= 0.6 is 0 Å². The first kappa shape index (κ1) is 16.8. The molecule has 0 bridgehead atoms. The van der Waals surface area contributed by atoms with E-state index < -0.39 is 46.7 Å². The van der Waals surface area contributed by atoms with E-state index in [1.807, 2.05) is 0 Å². The van der Waals surface area contributed by atoms with Gasteiger partial charge in [0, 0.05) is 5.56 Å². The Hall–Kier alpha value is -2.28. The highest BCUT2D eigenvalue weighted by Gasteiger charge is 2.47. The van der Waals surface area contributed by atoms with Gasteiger partial charge in [0.2, 0.25) is 0 Å². The van der Waals surface area contributed by atoms with Gasteiger partial charge >= 0.3 is 18.3 Å². The zero-order valence-corrected chi connectivity index (χ0v) is 9.75. The van der Waals surface area contributed by atoms with Gasteiger partial charge in [-0.3, -0.25) is 0 Å². The Kier molecular flexibility index (Phi) is 4.19. The van der Waals surface area contributed by atoms with E-state index in [4.69, 9.17) is 10.4 Å². The molecule has 1 aromatic rings. The van der Waals surface area contributed by atoms with Gasteiger partial charge in [0.25, 0.3) is 0 Å². The first-order valence-electron chi connectivity index (χ1n) is 5.03. The van der Waals surface area contributed by atoms with Crippen molar-refractivity contribution in [1.29, 1.82) is 5.26 Å². The average Bonchev–Trinajstić information content (AvgIpc) is 2.33. The Morgan fingerprint density at radius 1 is 1.14 bits per heavy atom. The maximum atomic E-state index is 12.9. The van der Waals surface area contributed by atoms with Crippen molar-refractivity contribution in [1.82, 2.24) is 0 Å². The number of hydrogen-bond donors (Lipinski definition) is 2. The lowest BCUT2D eigenvalue weighted by atomic mass is 9.91. The van der Waals surface area contributed by atoms with Crippen LogP contribution in [0.15, 0.2) is 12.1 Å². The molecular formula is C11H5F6NO3. The summed E-state index contributed by atoms with van der Waals surface area (Å²) in [6, 6.07) is 1.52. The van der Waals surface area contributed by atoms with E-state index in [1.165, 1.54) is 0 Å². The highest BCUT2D eigenvalue weighted by Crippen LogP contribution is 2.44. The van der Waals surface area contributed by atoms with E-state index in [0.717, 1.165) is 6.07 Å². The van der Waals surface area contributed by atoms with E-state index in [0.29, 0.717) is 6.07 Å². The van der Waals surface area contributed by atoms with Crippen LogP contribution in [0.3, 0.4) is 0 Å². The van der Waals surface area contributed by atoms with Crippen molar-refractivity contribution in [2.45, 2.75) is 18.5 Å². The number of nitrogens with zero attached hydrogens (tertiary/aromatic N) is 1. The van der Waals surface area contributed by atoms with Gasteiger partial charge < -0.3 is 10.2 Å². The number of aliphatic hydroxyl groups excluding tert-OH is 1. The van der Waals surface area contributed by atoms with Crippen LogP contribution in [0, 0.1) is 11.3 Å². The molecule has 0 aliphatic rings. The third-order valence-corrected chi connectivity index (χ3v) is 2.46. The van der Waals surface area contributed by atoms with E-state index >= 15 is 0 Å². The second-order valence-electron chi connectivity index (χ2n) is 3.80. The fourth-order valence-electron chi connectivity index (χ4n) is 1.67. The van der Waals surface area contributed by atoms with E-state index in [1.54, 1.807) is 0 Å². The Bertz CT molecular complexity index is 614. The monoisotopic (exact) mass is 313 g/mol. The minimum Gasteiger partial charge on any atom is -0.479 e. The SMILES string of the molecule is N#Cc1ccc(C(F)(F)F)c(C(F)(F)F)c1C(O)C(=O)O. The lowest BCUT2D eigenvalue weighted by Gasteiger charge is -2.21. The summed E-state index contributed by atoms with van der Waals surface area (Å²) in [6.45, 7) is 0. The molecule has 1 unspecified atom stereocenters. The van der Waals surface area contributed by atoms with Crippen LogP contribution in [-0.2, 0) is 17.1 Å². The van der Waals surface area contributed by atoms with Crippen LogP contribution in [-0.4, -0.2) is 16.2 Å². The molecular weight excluding hydrogens is 308 g/mol. The predicted molar refractivity (Wildman–Crippen MR) is 53.8 cm³/mol. The minimum absolute atomic E-state index is 0.0133. The minimum atomic E-state index is -5.61. The topological polar surface area (TPSA) is 81.3 Å². The molecule has 0 saturated heterocycles. The number of carboxylic acids is 1. The molecule has 0 saturated carbocycles. The number of nitriles is 1. The number of halogens is 6. The van der Waals surface area contributed by atoms with Gasteiger partial charge in [-0.05, 0) is 12.1 Å². The van der Waals surface area contributed by atoms with Crippen molar-refractivity contribution >= 4 is 5.97 Å². The Balaban J connectivity index is 3.89. The van der Waals surface area contributed by atoms with Crippen LogP contribution in [0.4, 0.5) is 26.3 Å². The number of carbonyl (C=O) groups is 1. The van der Waals surface area contributed by atoms with Gasteiger partial charge in [0.15, 0.2) is 6.10 Å². The van der Waals surface area contributed by atoms with Gasteiger partial charge in [0.1, 0.15) is 0 Å². The summed E-state index contributed by atoms with van der Waals surface area (Å²) in [4.78, 5) is 10.6. The van der Waals surface area contributed by atoms with Crippen LogP contribution < -0.4 is 0 Å². The molecule has 1 aromatic carbocycles. The lowest BCUT2D eigenvalue weighted by Crippen LogP contribution is -2.24. The highest BCUT2D eigenvalue weighted by molar-refractivity contribution is 5.76. The van der Waals surface area contributed by atoms with E-state index in [9.17, 15) is 36.2 Å². The van der Waals surface area contributed by atoms with Gasteiger partial charge in [-0.2, -0.15) is 31.6 Å². The molecule has 0 aromatic heterocycles. The van der Waals surface area contributed by atoms with Gasteiger partial charge in [-0.15, -0.1) is 0 Å². The second kappa shape index (κ2) is 5.25.